The van der Waals surface area contributed by atoms with Crippen LogP contribution in [0.4, 0.5) is 0 Å². The van der Waals surface area contributed by atoms with Gasteiger partial charge in [0.1, 0.15) is 12.3 Å². The first-order valence-electron chi connectivity index (χ1n) is 11.2. The van der Waals surface area contributed by atoms with Crippen LogP contribution in [0.15, 0.2) is 60.7 Å². The lowest BCUT2D eigenvalue weighted by Gasteiger charge is -2.39. The van der Waals surface area contributed by atoms with Crippen molar-refractivity contribution in [2.75, 3.05) is 39.3 Å². The number of carbonyl (C=O) groups excluding carboxylic acids is 2. The number of likely N-dealkylation sites (tertiary alicyclic amines) is 1. The molecule has 0 saturated carbocycles. The molecule has 6 nitrogen and oxygen atoms in total. The Kier molecular flexibility index (Phi) is 7.12. The number of ether oxygens (including phenoxy) is 1. The molecule has 2 saturated heterocycles. The van der Waals surface area contributed by atoms with Gasteiger partial charge in [-0.3, -0.25) is 24.3 Å². The summed E-state index contributed by atoms with van der Waals surface area (Å²) in [6.07, 6.45) is 0.605. The molecule has 2 aromatic carbocycles. The van der Waals surface area contributed by atoms with Crippen LogP contribution in [-0.2, 0) is 14.3 Å². The van der Waals surface area contributed by atoms with Gasteiger partial charge in [0.05, 0.1) is 0 Å². The molecule has 2 aromatic rings. The second-order valence-electron chi connectivity index (χ2n) is 8.25. The number of hydrogen-bond acceptors (Lipinski definition) is 5. The molecule has 0 spiro atoms. The minimum Gasteiger partial charge on any atom is -0.351 e. The van der Waals surface area contributed by atoms with Gasteiger partial charge in [0, 0.05) is 52.1 Å². The fourth-order valence-electron chi connectivity index (χ4n) is 4.35. The molecule has 1 unspecified atom stereocenters. The maximum Gasteiger partial charge on any atom is 0.229 e. The van der Waals surface area contributed by atoms with Crippen molar-refractivity contribution in [1.82, 2.24) is 14.7 Å². The highest BCUT2D eigenvalue weighted by molar-refractivity contribution is 6.01. The predicted octanol–water partition coefficient (Wildman–Crippen LogP) is 2.91. The molecule has 0 aliphatic carbocycles. The molecule has 2 aliphatic heterocycles. The van der Waals surface area contributed by atoms with Gasteiger partial charge in [-0.1, -0.05) is 60.7 Å². The summed E-state index contributed by atoms with van der Waals surface area (Å²) in [5.41, 5.74) is 2.30. The summed E-state index contributed by atoms with van der Waals surface area (Å²) in [6, 6.07) is 20.7. The summed E-state index contributed by atoms with van der Waals surface area (Å²) in [7, 11) is 0. The van der Waals surface area contributed by atoms with Crippen LogP contribution in [-0.4, -0.2) is 72.0 Å². The van der Waals surface area contributed by atoms with E-state index in [2.05, 4.69) is 41.0 Å². The average Bonchev–Trinajstić information content (AvgIpc) is 3.14. The number of amides is 2. The standard InChI is InChI=1S/C25H31N3O3/c1-20(31-25(21-8-4-2-5-9-21)22-10-6-3-7-11-22)27-17-14-26(15-18-27)16-19-28-23(29)12-13-24(28)30/h2-11,20,25H,12-19H2,1H3. The van der Waals surface area contributed by atoms with Gasteiger partial charge < -0.3 is 4.74 Å². The topological polar surface area (TPSA) is 53.1 Å². The molecule has 0 N–H and O–H groups in total. The molecule has 0 radical (unpaired) electrons. The Bertz CT molecular complexity index is 811. The van der Waals surface area contributed by atoms with E-state index in [-0.39, 0.29) is 24.1 Å². The summed E-state index contributed by atoms with van der Waals surface area (Å²) < 4.78 is 6.58. The summed E-state index contributed by atoms with van der Waals surface area (Å²) in [5, 5.41) is 0. The van der Waals surface area contributed by atoms with Gasteiger partial charge in [0.15, 0.2) is 0 Å². The molecular formula is C25H31N3O3. The third-order valence-electron chi connectivity index (χ3n) is 6.25. The van der Waals surface area contributed by atoms with Crippen molar-refractivity contribution in [3.8, 4) is 0 Å². The zero-order chi connectivity index (χ0) is 21.6. The van der Waals surface area contributed by atoms with E-state index in [4.69, 9.17) is 4.74 Å². The Balaban J connectivity index is 1.32. The number of imide groups is 1. The minimum atomic E-state index is -0.109. The molecule has 4 rings (SSSR count). The smallest absolute Gasteiger partial charge is 0.229 e. The lowest BCUT2D eigenvalue weighted by molar-refractivity contribution is -0.138. The molecule has 1 atom stereocenters. The molecule has 0 bridgehead atoms. The zero-order valence-corrected chi connectivity index (χ0v) is 18.2. The molecule has 2 heterocycles. The number of hydrogen-bond donors (Lipinski definition) is 0. The van der Waals surface area contributed by atoms with Gasteiger partial charge in [-0.2, -0.15) is 0 Å². The second-order valence-corrected chi connectivity index (χ2v) is 8.25. The van der Waals surface area contributed by atoms with Crippen LogP contribution in [0.5, 0.6) is 0 Å². The normalized spacial score (nSPS) is 19.4. The van der Waals surface area contributed by atoms with Crippen molar-refractivity contribution < 1.29 is 14.3 Å². The fourth-order valence-corrected chi connectivity index (χ4v) is 4.35. The quantitative estimate of drug-likeness (QED) is 0.614. The molecule has 2 aliphatic rings. The van der Waals surface area contributed by atoms with Crippen LogP contribution < -0.4 is 0 Å². The van der Waals surface area contributed by atoms with Gasteiger partial charge in [-0.05, 0) is 18.1 Å². The third kappa shape index (κ3) is 5.39. The summed E-state index contributed by atoms with van der Waals surface area (Å²) in [4.78, 5) is 29.7. The molecular weight excluding hydrogens is 390 g/mol. The molecule has 2 amide bonds. The van der Waals surface area contributed by atoms with Crippen molar-refractivity contribution in [2.45, 2.75) is 32.1 Å². The van der Waals surface area contributed by atoms with E-state index in [1.807, 2.05) is 36.4 Å². The molecule has 31 heavy (non-hydrogen) atoms. The number of piperazine rings is 1. The lowest BCUT2D eigenvalue weighted by atomic mass is 10.0. The third-order valence-corrected chi connectivity index (χ3v) is 6.25. The highest BCUT2D eigenvalue weighted by Gasteiger charge is 2.30. The first-order chi connectivity index (χ1) is 15.1. The molecule has 164 valence electrons. The Labute approximate surface area is 184 Å². The number of benzene rings is 2. The van der Waals surface area contributed by atoms with Gasteiger partial charge in [0.25, 0.3) is 0 Å². The van der Waals surface area contributed by atoms with Gasteiger partial charge in [-0.25, -0.2) is 0 Å². The van der Waals surface area contributed by atoms with E-state index in [1.165, 1.54) is 4.90 Å². The zero-order valence-electron chi connectivity index (χ0n) is 18.2. The monoisotopic (exact) mass is 421 g/mol. The number of rotatable bonds is 8. The van der Waals surface area contributed by atoms with Gasteiger partial charge in [-0.15, -0.1) is 0 Å². The maximum atomic E-state index is 11.8. The van der Waals surface area contributed by atoms with Crippen molar-refractivity contribution >= 4 is 11.8 Å². The Hall–Kier alpha value is -2.54. The number of nitrogens with zero attached hydrogens (tertiary/aromatic N) is 3. The van der Waals surface area contributed by atoms with Crippen molar-refractivity contribution in [3.63, 3.8) is 0 Å². The first-order valence-corrected chi connectivity index (χ1v) is 11.2. The SMILES string of the molecule is CC(OC(c1ccccc1)c1ccccc1)N1CCN(CCN2C(=O)CCC2=O)CC1. The van der Waals surface area contributed by atoms with E-state index in [0.29, 0.717) is 19.4 Å². The Morgan fingerprint density at radius 3 is 1.81 bits per heavy atom. The van der Waals surface area contributed by atoms with Crippen LogP contribution in [0.3, 0.4) is 0 Å². The van der Waals surface area contributed by atoms with E-state index in [0.717, 1.165) is 43.9 Å². The fraction of sp³-hybridized carbons (Fsp3) is 0.440. The molecule has 2 fully saturated rings. The van der Waals surface area contributed by atoms with Crippen LogP contribution in [0.2, 0.25) is 0 Å². The van der Waals surface area contributed by atoms with Crippen LogP contribution in [0.25, 0.3) is 0 Å². The van der Waals surface area contributed by atoms with Crippen molar-refractivity contribution in [2.24, 2.45) is 0 Å². The van der Waals surface area contributed by atoms with Crippen LogP contribution in [0, 0.1) is 0 Å². The second kappa shape index (κ2) is 10.2. The average molecular weight is 422 g/mol. The predicted molar refractivity (Wildman–Crippen MR) is 119 cm³/mol. The van der Waals surface area contributed by atoms with E-state index in [9.17, 15) is 9.59 Å². The van der Waals surface area contributed by atoms with E-state index in [1.54, 1.807) is 0 Å². The van der Waals surface area contributed by atoms with Crippen LogP contribution >= 0.6 is 0 Å². The van der Waals surface area contributed by atoms with Crippen molar-refractivity contribution in [1.29, 1.82) is 0 Å². The minimum absolute atomic E-state index is 0.0192. The molecule has 6 heteroatoms. The van der Waals surface area contributed by atoms with Gasteiger partial charge in [0.2, 0.25) is 11.8 Å². The number of carbonyl (C=O) groups is 2. The van der Waals surface area contributed by atoms with E-state index >= 15 is 0 Å². The first kappa shape index (κ1) is 21.7. The largest absolute Gasteiger partial charge is 0.351 e. The summed E-state index contributed by atoms with van der Waals surface area (Å²) >= 11 is 0. The Morgan fingerprint density at radius 2 is 1.29 bits per heavy atom. The van der Waals surface area contributed by atoms with Crippen molar-refractivity contribution in [3.05, 3.63) is 71.8 Å². The highest BCUT2D eigenvalue weighted by atomic mass is 16.5. The maximum absolute atomic E-state index is 11.8. The Morgan fingerprint density at radius 1 is 0.774 bits per heavy atom. The summed E-state index contributed by atoms with van der Waals surface area (Å²) in [6.45, 7) is 7.00. The van der Waals surface area contributed by atoms with E-state index < -0.39 is 0 Å². The van der Waals surface area contributed by atoms with Gasteiger partial charge >= 0.3 is 0 Å². The highest BCUT2D eigenvalue weighted by Crippen LogP contribution is 2.28. The summed E-state index contributed by atoms with van der Waals surface area (Å²) in [5.74, 6) is -0.0583. The lowest BCUT2D eigenvalue weighted by Crippen LogP contribution is -2.52. The van der Waals surface area contributed by atoms with Crippen LogP contribution in [0.1, 0.15) is 37.0 Å². The molecule has 0 aromatic heterocycles.